The number of nitrogens with one attached hydrogen (secondary N) is 1. The summed E-state index contributed by atoms with van der Waals surface area (Å²) in [6.45, 7) is 0.228. The predicted octanol–water partition coefficient (Wildman–Crippen LogP) is 1.80. The molecule has 5 N–H and O–H groups in total. The summed E-state index contributed by atoms with van der Waals surface area (Å²) in [6.07, 6.45) is 1.53. The minimum absolute atomic E-state index is 0.228. The predicted molar refractivity (Wildman–Crippen MR) is 101 cm³/mol. The Labute approximate surface area is 144 Å². The Morgan fingerprint density at radius 1 is 1.16 bits per heavy atom. The lowest BCUT2D eigenvalue weighted by atomic mass is 9.94. The number of hydrogen-bond acceptors (Lipinski definition) is 5. The van der Waals surface area contributed by atoms with Gasteiger partial charge in [0.1, 0.15) is 0 Å². The second-order valence-electron chi connectivity index (χ2n) is 5.48. The second-order valence-corrected chi connectivity index (χ2v) is 5.48. The van der Waals surface area contributed by atoms with E-state index in [9.17, 15) is 4.79 Å². The average Bonchev–Trinajstić information content (AvgIpc) is 2.66. The van der Waals surface area contributed by atoms with Crippen molar-refractivity contribution in [2.24, 2.45) is 16.5 Å². The van der Waals surface area contributed by atoms with E-state index < -0.39 is 0 Å². The third-order valence-electron chi connectivity index (χ3n) is 4.06. The first kappa shape index (κ1) is 16.6. The molecule has 0 aliphatic heterocycles. The van der Waals surface area contributed by atoms with Gasteiger partial charge in [-0.3, -0.25) is 9.79 Å². The molecular weight excluding hydrogens is 314 g/mol. The van der Waals surface area contributed by atoms with Gasteiger partial charge in [0.25, 0.3) is 5.56 Å². The van der Waals surface area contributed by atoms with Crippen molar-refractivity contribution in [1.29, 1.82) is 0 Å². The maximum absolute atomic E-state index is 12.0. The molecule has 1 aromatic heterocycles. The third-order valence-corrected chi connectivity index (χ3v) is 4.06. The smallest absolute Gasteiger partial charge is 0.272 e. The number of nitrogens with two attached hydrogens (primary N) is 2. The lowest BCUT2D eigenvalue weighted by molar-refractivity contribution is 0.900. The van der Waals surface area contributed by atoms with Gasteiger partial charge in [0, 0.05) is 36.3 Å². The van der Waals surface area contributed by atoms with Crippen LogP contribution in [-0.4, -0.2) is 23.0 Å². The Morgan fingerprint density at radius 3 is 2.56 bits per heavy atom. The van der Waals surface area contributed by atoms with Crippen molar-refractivity contribution < 1.29 is 0 Å². The zero-order valence-corrected chi connectivity index (χ0v) is 13.9. The van der Waals surface area contributed by atoms with E-state index >= 15 is 0 Å². The summed E-state index contributed by atoms with van der Waals surface area (Å²) < 4.78 is 0. The molecule has 0 spiro atoms. The number of rotatable bonds is 4. The maximum Gasteiger partial charge on any atom is 0.272 e. The standard InChI is InChI=1S/C19H19N5O/c1-22-18(12-5-3-2-4-6-12)16(10-20)13-7-8-14-15(9-13)17(11-21)23-24-19(14)25/h2-10H,11,20-21H2,1H3,(H,24,25)/b16-10-,22-18?. The molecule has 0 saturated heterocycles. The summed E-state index contributed by atoms with van der Waals surface area (Å²) in [4.78, 5) is 16.4. The first-order chi connectivity index (χ1) is 12.2. The number of fused-ring (bicyclic) bond motifs is 1. The molecule has 0 bridgehead atoms. The largest absolute Gasteiger partial charge is 0.404 e. The van der Waals surface area contributed by atoms with Crippen LogP contribution in [0.1, 0.15) is 16.8 Å². The fourth-order valence-electron chi connectivity index (χ4n) is 2.86. The van der Waals surface area contributed by atoms with Crippen molar-refractivity contribution in [3.05, 3.63) is 81.9 Å². The van der Waals surface area contributed by atoms with Gasteiger partial charge in [-0.25, -0.2) is 5.10 Å². The molecule has 3 aromatic rings. The number of H-pyrrole nitrogens is 1. The summed E-state index contributed by atoms with van der Waals surface area (Å²) >= 11 is 0. The minimum Gasteiger partial charge on any atom is -0.404 e. The number of nitrogens with zero attached hydrogens (tertiary/aromatic N) is 2. The Bertz CT molecular complexity index is 1020. The van der Waals surface area contributed by atoms with Gasteiger partial charge >= 0.3 is 0 Å². The second kappa shape index (κ2) is 7.11. The SMILES string of the molecule is CN=C(/C(=C\N)c1ccc2c(=O)[nH]nc(CN)c2c1)c1ccccc1. The van der Waals surface area contributed by atoms with Gasteiger partial charge < -0.3 is 11.5 Å². The van der Waals surface area contributed by atoms with E-state index in [2.05, 4.69) is 15.2 Å². The number of aliphatic imine (C=N–C) groups is 1. The number of benzene rings is 2. The molecule has 6 nitrogen and oxygen atoms in total. The summed E-state index contributed by atoms with van der Waals surface area (Å²) in [6, 6.07) is 15.3. The van der Waals surface area contributed by atoms with Crippen LogP contribution in [0.25, 0.3) is 16.3 Å². The molecule has 0 aliphatic rings. The van der Waals surface area contributed by atoms with E-state index in [1.165, 1.54) is 6.20 Å². The van der Waals surface area contributed by atoms with Gasteiger partial charge in [-0.15, -0.1) is 0 Å². The van der Waals surface area contributed by atoms with Crippen LogP contribution in [0.2, 0.25) is 0 Å². The summed E-state index contributed by atoms with van der Waals surface area (Å²) in [5, 5.41) is 7.76. The highest BCUT2D eigenvalue weighted by Crippen LogP contribution is 2.24. The molecule has 0 saturated carbocycles. The highest BCUT2D eigenvalue weighted by Gasteiger charge is 2.14. The van der Waals surface area contributed by atoms with E-state index in [1.54, 1.807) is 13.1 Å². The molecule has 0 amide bonds. The van der Waals surface area contributed by atoms with Crippen LogP contribution in [0.4, 0.5) is 0 Å². The Balaban J connectivity index is 2.18. The molecule has 0 atom stereocenters. The minimum atomic E-state index is -0.246. The van der Waals surface area contributed by atoms with E-state index in [4.69, 9.17) is 11.5 Å². The van der Waals surface area contributed by atoms with Crippen LogP contribution in [0.15, 0.2) is 64.5 Å². The molecule has 0 aliphatic carbocycles. The van der Waals surface area contributed by atoms with Crippen molar-refractivity contribution in [3.63, 3.8) is 0 Å². The van der Waals surface area contributed by atoms with Gasteiger partial charge in [-0.05, 0) is 17.7 Å². The fraction of sp³-hybridized carbons (Fsp3) is 0.105. The molecule has 0 fully saturated rings. The summed E-state index contributed by atoms with van der Waals surface area (Å²) in [7, 11) is 1.73. The molecular formula is C19H19N5O. The van der Waals surface area contributed by atoms with Crippen LogP contribution >= 0.6 is 0 Å². The van der Waals surface area contributed by atoms with Crippen molar-refractivity contribution in [1.82, 2.24) is 10.2 Å². The van der Waals surface area contributed by atoms with E-state index in [0.717, 1.165) is 22.4 Å². The van der Waals surface area contributed by atoms with Crippen LogP contribution in [0.3, 0.4) is 0 Å². The number of aromatic amines is 1. The zero-order valence-electron chi connectivity index (χ0n) is 13.9. The van der Waals surface area contributed by atoms with Gasteiger partial charge in [0.2, 0.25) is 0 Å². The molecule has 6 heteroatoms. The van der Waals surface area contributed by atoms with E-state index in [-0.39, 0.29) is 12.1 Å². The van der Waals surface area contributed by atoms with Gasteiger partial charge in [-0.2, -0.15) is 5.10 Å². The monoisotopic (exact) mass is 333 g/mol. The first-order valence-electron chi connectivity index (χ1n) is 7.85. The Kier molecular flexibility index (Phi) is 4.72. The lowest BCUT2D eigenvalue weighted by Crippen LogP contribution is -2.14. The quantitative estimate of drug-likeness (QED) is 0.632. The number of hydrogen-bond donors (Lipinski definition) is 3. The van der Waals surface area contributed by atoms with Crippen molar-refractivity contribution in [3.8, 4) is 0 Å². The van der Waals surface area contributed by atoms with Crippen LogP contribution in [-0.2, 0) is 6.54 Å². The van der Waals surface area contributed by atoms with Crippen molar-refractivity contribution in [2.75, 3.05) is 7.05 Å². The van der Waals surface area contributed by atoms with E-state index in [1.807, 2.05) is 42.5 Å². The van der Waals surface area contributed by atoms with Crippen molar-refractivity contribution in [2.45, 2.75) is 6.54 Å². The highest BCUT2D eigenvalue weighted by atomic mass is 16.1. The zero-order chi connectivity index (χ0) is 17.8. The van der Waals surface area contributed by atoms with Gasteiger partial charge in [-0.1, -0.05) is 36.4 Å². The van der Waals surface area contributed by atoms with Crippen LogP contribution in [0.5, 0.6) is 0 Å². The molecule has 25 heavy (non-hydrogen) atoms. The molecule has 0 radical (unpaired) electrons. The van der Waals surface area contributed by atoms with E-state index in [0.29, 0.717) is 16.5 Å². The van der Waals surface area contributed by atoms with Crippen molar-refractivity contribution >= 4 is 22.1 Å². The topological polar surface area (TPSA) is 110 Å². The lowest BCUT2D eigenvalue weighted by Gasteiger charge is -2.12. The molecule has 3 rings (SSSR count). The number of allylic oxidation sites excluding steroid dienone is 1. The third kappa shape index (κ3) is 3.07. The fourth-order valence-corrected chi connectivity index (χ4v) is 2.86. The average molecular weight is 333 g/mol. The summed E-state index contributed by atoms with van der Waals surface area (Å²) in [5.41, 5.74) is 15.4. The first-order valence-corrected chi connectivity index (χ1v) is 7.85. The highest BCUT2D eigenvalue weighted by molar-refractivity contribution is 6.32. The Hall–Kier alpha value is -3.25. The van der Waals surface area contributed by atoms with Crippen LogP contribution in [0, 0.1) is 0 Å². The normalized spacial score (nSPS) is 12.6. The Morgan fingerprint density at radius 2 is 1.92 bits per heavy atom. The van der Waals surface area contributed by atoms with Crippen LogP contribution < -0.4 is 17.0 Å². The molecule has 2 aromatic carbocycles. The number of aromatic nitrogens is 2. The summed E-state index contributed by atoms with van der Waals surface area (Å²) in [5.74, 6) is 0. The van der Waals surface area contributed by atoms with Gasteiger partial charge in [0.05, 0.1) is 16.8 Å². The molecule has 0 unspecified atom stereocenters. The molecule has 126 valence electrons. The van der Waals surface area contributed by atoms with Gasteiger partial charge in [0.15, 0.2) is 0 Å². The maximum atomic E-state index is 12.0. The molecule has 1 heterocycles.